The van der Waals surface area contributed by atoms with Crippen molar-refractivity contribution in [3.63, 3.8) is 0 Å². The first-order chi connectivity index (χ1) is 20.3. The van der Waals surface area contributed by atoms with Crippen molar-refractivity contribution in [2.75, 3.05) is 5.32 Å². The van der Waals surface area contributed by atoms with E-state index < -0.39 is 0 Å². The van der Waals surface area contributed by atoms with Crippen molar-refractivity contribution in [3.05, 3.63) is 158 Å². The summed E-state index contributed by atoms with van der Waals surface area (Å²) in [6, 6.07) is 51.6. The van der Waals surface area contributed by atoms with Crippen molar-refractivity contribution in [2.24, 2.45) is 0 Å². The molecule has 0 spiro atoms. The van der Waals surface area contributed by atoms with E-state index >= 15 is 0 Å². The Morgan fingerprint density at radius 2 is 0.805 bits per heavy atom. The molecule has 2 heterocycles. The van der Waals surface area contributed by atoms with E-state index in [-0.39, 0.29) is 0 Å². The Kier molecular flexibility index (Phi) is 5.29. The van der Waals surface area contributed by atoms with E-state index in [1.807, 2.05) is 18.2 Å². The van der Waals surface area contributed by atoms with Crippen LogP contribution in [0.3, 0.4) is 0 Å². The first-order valence-corrected chi connectivity index (χ1v) is 13.9. The molecule has 0 amide bonds. The Balaban J connectivity index is 1.42. The van der Waals surface area contributed by atoms with Crippen molar-refractivity contribution in [1.29, 1.82) is 0 Å². The molecule has 0 bridgehead atoms. The Morgan fingerprint density at radius 1 is 0.439 bits per heavy atom. The zero-order chi connectivity index (χ0) is 27.3. The molecule has 0 unspecified atom stereocenters. The molecule has 1 N–H and O–H groups in total. The molecule has 194 valence electrons. The van der Waals surface area contributed by atoms with Crippen LogP contribution in [0.1, 0.15) is 5.56 Å². The van der Waals surface area contributed by atoms with Crippen LogP contribution in [-0.4, -0.2) is 9.13 Å². The summed E-state index contributed by atoms with van der Waals surface area (Å²) in [5.74, 6) is 0. The zero-order valence-corrected chi connectivity index (χ0v) is 22.5. The molecule has 0 fully saturated rings. The summed E-state index contributed by atoms with van der Waals surface area (Å²) in [6.07, 6.45) is 0. The van der Waals surface area contributed by atoms with Crippen LogP contribution in [0.15, 0.2) is 152 Å². The highest BCUT2D eigenvalue weighted by molar-refractivity contribution is 6.10. The van der Waals surface area contributed by atoms with Crippen molar-refractivity contribution < 1.29 is 0 Å². The second kappa shape index (κ2) is 9.29. The smallest absolute Gasteiger partial charge is 0.0541 e. The Hall–Kier alpha value is -5.54. The number of hydrogen-bond acceptors (Lipinski definition) is 1. The predicted molar refractivity (Wildman–Crippen MR) is 174 cm³/mol. The molecule has 0 saturated heterocycles. The minimum absolute atomic E-state index is 0.859. The van der Waals surface area contributed by atoms with Gasteiger partial charge in [-0.15, -0.1) is 0 Å². The first kappa shape index (κ1) is 23.4. The summed E-state index contributed by atoms with van der Waals surface area (Å²) < 4.78 is 4.75. The number of fused-ring (bicyclic) bond motifs is 6. The van der Waals surface area contributed by atoms with Crippen LogP contribution in [0.4, 0.5) is 5.69 Å². The maximum absolute atomic E-state index is 4.38. The minimum atomic E-state index is 0.859. The molecule has 0 saturated carbocycles. The van der Waals surface area contributed by atoms with Gasteiger partial charge in [0.25, 0.3) is 0 Å². The van der Waals surface area contributed by atoms with Crippen LogP contribution >= 0.6 is 0 Å². The van der Waals surface area contributed by atoms with Gasteiger partial charge in [-0.1, -0.05) is 110 Å². The number of hydrogen-bond donors (Lipinski definition) is 1. The standard InChI is InChI=1S/C38H27N3/c1-26(27-13-3-2-4-14-27)39-28-23-29(40-35-19-9-5-15-31(35)32-16-6-10-20-36(32)40)25-30(24-28)41-37-21-11-7-17-33(37)34-18-8-12-22-38(34)41/h2-25,39H,1H2. The van der Waals surface area contributed by atoms with Crippen molar-refractivity contribution in [1.82, 2.24) is 9.13 Å². The normalized spacial score (nSPS) is 11.5. The molecule has 0 aliphatic heterocycles. The zero-order valence-electron chi connectivity index (χ0n) is 22.5. The van der Waals surface area contributed by atoms with Gasteiger partial charge in [0.2, 0.25) is 0 Å². The molecular weight excluding hydrogens is 498 g/mol. The van der Waals surface area contributed by atoms with Crippen molar-refractivity contribution >= 4 is 55.0 Å². The Bertz CT molecular complexity index is 2010. The van der Waals surface area contributed by atoms with E-state index in [1.54, 1.807) is 0 Å². The molecular formula is C38H27N3. The average Bonchev–Trinajstić information content (AvgIpc) is 3.55. The fourth-order valence-corrected chi connectivity index (χ4v) is 6.21. The molecule has 3 heteroatoms. The molecule has 3 nitrogen and oxygen atoms in total. The molecule has 0 atom stereocenters. The second-order valence-corrected chi connectivity index (χ2v) is 10.4. The number of rotatable bonds is 5. The molecule has 0 aliphatic carbocycles. The van der Waals surface area contributed by atoms with Gasteiger partial charge in [0.1, 0.15) is 0 Å². The maximum atomic E-state index is 4.38. The lowest BCUT2D eigenvalue weighted by Crippen LogP contribution is -2.03. The van der Waals surface area contributed by atoms with Crippen LogP contribution in [0.5, 0.6) is 0 Å². The van der Waals surface area contributed by atoms with Crippen molar-refractivity contribution in [2.45, 2.75) is 0 Å². The van der Waals surface area contributed by atoms with Crippen LogP contribution in [0, 0.1) is 0 Å². The van der Waals surface area contributed by atoms with Crippen LogP contribution in [-0.2, 0) is 0 Å². The second-order valence-electron chi connectivity index (χ2n) is 10.4. The van der Waals surface area contributed by atoms with E-state index in [1.165, 1.54) is 43.6 Å². The number of nitrogens with one attached hydrogen (secondary N) is 1. The summed E-state index contributed by atoms with van der Waals surface area (Å²) in [5, 5.41) is 8.61. The van der Waals surface area contributed by atoms with E-state index in [9.17, 15) is 0 Å². The molecule has 8 rings (SSSR count). The summed E-state index contributed by atoms with van der Waals surface area (Å²) in [7, 11) is 0. The molecule has 0 radical (unpaired) electrons. The fourth-order valence-electron chi connectivity index (χ4n) is 6.21. The van der Waals surface area contributed by atoms with Gasteiger partial charge in [0.15, 0.2) is 0 Å². The van der Waals surface area contributed by atoms with E-state index in [0.29, 0.717) is 0 Å². The molecule has 6 aromatic carbocycles. The SMILES string of the molecule is C=C(Nc1cc(-n2c3ccccc3c3ccccc32)cc(-n2c3ccccc3c3ccccc32)c1)c1ccccc1. The monoisotopic (exact) mass is 525 g/mol. The summed E-state index contributed by atoms with van der Waals surface area (Å²) in [4.78, 5) is 0. The number of benzene rings is 6. The molecule has 2 aromatic heterocycles. The molecule has 8 aromatic rings. The quantitative estimate of drug-likeness (QED) is 0.237. The lowest BCUT2D eigenvalue weighted by atomic mass is 10.1. The lowest BCUT2D eigenvalue weighted by Gasteiger charge is -2.17. The van der Waals surface area contributed by atoms with Gasteiger partial charge < -0.3 is 14.5 Å². The topological polar surface area (TPSA) is 21.9 Å². The molecule has 41 heavy (non-hydrogen) atoms. The van der Waals surface area contributed by atoms with Gasteiger partial charge in [-0.05, 0) is 48.0 Å². The summed E-state index contributed by atoms with van der Waals surface area (Å²) >= 11 is 0. The van der Waals surface area contributed by atoms with Crippen LogP contribution in [0.25, 0.3) is 60.7 Å². The Labute approximate surface area is 238 Å². The van der Waals surface area contributed by atoms with Gasteiger partial charge in [-0.2, -0.15) is 0 Å². The lowest BCUT2D eigenvalue weighted by molar-refractivity contribution is 1.13. The Morgan fingerprint density at radius 3 is 1.22 bits per heavy atom. The summed E-state index contributed by atoms with van der Waals surface area (Å²) in [6.45, 7) is 4.38. The third-order valence-electron chi connectivity index (χ3n) is 8.00. The number of para-hydroxylation sites is 4. The van der Waals surface area contributed by atoms with Crippen molar-refractivity contribution in [3.8, 4) is 11.4 Å². The number of anilines is 1. The predicted octanol–water partition coefficient (Wildman–Crippen LogP) is 9.96. The maximum Gasteiger partial charge on any atom is 0.0541 e. The van der Waals surface area contributed by atoms with Gasteiger partial charge in [0.05, 0.1) is 33.4 Å². The highest BCUT2D eigenvalue weighted by Crippen LogP contribution is 2.37. The first-order valence-electron chi connectivity index (χ1n) is 13.9. The largest absolute Gasteiger partial charge is 0.355 e. The average molecular weight is 526 g/mol. The minimum Gasteiger partial charge on any atom is -0.355 e. The van der Waals surface area contributed by atoms with E-state index in [0.717, 1.165) is 28.3 Å². The van der Waals surface area contributed by atoms with E-state index in [4.69, 9.17) is 0 Å². The summed E-state index contributed by atoms with van der Waals surface area (Å²) in [5.41, 5.74) is 9.81. The van der Waals surface area contributed by atoms with Crippen LogP contribution in [0.2, 0.25) is 0 Å². The van der Waals surface area contributed by atoms with Gasteiger partial charge in [0, 0.05) is 32.9 Å². The highest BCUT2D eigenvalue weighted by atomic mass is 15.0. The number of nitrogens with zero attached hydrogens (tertiary/aromatic N) is 2. The van der Waals surface area contributed by atoms with Gasteiger partial charge >= 0.3 is 0 Å². The van der Waals surface area contributed by atoms with Crippen LogP contribution < -0.4 is 5.32 Å². The fraction of sp³-hybridized carbons (Fsp3) is 0. The third kappa shape index (κ3) is 3.75. The highest BCUT2D eigenvalue weighted by Gasteiger charge is 2.16. The third-order valence-corrected chi connectivity index (χ3v) is 8.00. The van der Waals surface area contributed by atoms with Gasteiger partial charge in [-0.25, -0.2) is 0 Å². The number of aromatic nitrogens is 2. The van der Waals surface area contributed by atoms with E-state index in [2.05, 4.69) is 148 Å². The van der Waals surface area contributed by atoms with Gasteiger partial charge in [-0.3, -0.25) is 0 Å². The molecule has 0 aliphatic rings.